The molecule has 2 aromatic carbocycles. The van der Waals surface area contributed by atoms with Gasteiger partial charge in [-0.1, -0.05) is 48.5 Å². The molecule has 0 atom stereocenters. The molecule has 3 nitrogen and oxygen atoms in total. The van der Waals surface area contributed by atoms with Crippen molar-refractivity contribution in [3.63, 3.8) is 0 Å². The smallest absolute Gasteiger partial charge is 0.267 e. The zero-order valence-corrected chi connectivity index (χ0v) is 13.7. The Hall–Kier alpha value is -1.95. The Kier molecular flexibility index (Phi) is 5.68. The number of hydrogen-bond donors (Lipinski definition) is 1. The van der Waals surface area contributed by atoms with Gasteiger partial charge in [0.1, 0.15) is 0 Å². The average molecular weight is 390 g/mol. The molecule has 2 rings (SSSR count). The number of carbonyl (C=O) groups is 1. The summed E-state index contributed by atoms with van der Waals surface area (Å²) in [6.07, 6.45) is 3.82. The van der Waals surface area contributed by atoms with Crippen LogP contribution in [0.4, 0.5) is 0 Å². The summed E-state index contributed by atoms with van der Waals surface area (Å²) in [4.78, 5) is 12.0. The Labute approximate surface area is 137 Å². The minimum atomic E-state index is -0.201. The third-order valence-corrected chi connectivity index (χ3v) is 3.71. The van der Waals surface area contributed by atoms with E-state index in [1.807, 2.05) is 67.6 Å². The Morgan fingerprint density at radius 2 is 1.76 bits per heavy atom. The van der Waals surface area contributed by atoms with E-state index in [0.29, 0.717) is 5.56 Å². The summed E-state index contributed by atoms with van der Waals surface area (Å²) in [5, 5.41) is 4.08. The molecule has 2 aromatic rings. The van der Waals surface area contributed by atoms with Crippen molar-refractivity contribution in [2.45, 2.75) is 6.92 Å². The molecule has 0 bridgehead atoms. The molecule has 0 aliphatic rings. The molecule has 106 valence electrons. The van der Waals surface area contributed by atoms with Gasteiger partial charge in [0.2, 0.25) is 0 Å². The van der Waals surface area contributed by atoms with E-state index in [-0.39, 0.29) is 5.91 Å². The first-order valence-electron chi connectivity index (χ1n) is 6.49. The summed E-state index contributed by atoms with van der Waals surface area (Å²) in [6, 6.07) is 17.3. The summed E-state index contributed by atoms with van der Waals surface area (Å²) in [7, 11) is 0. The molecule has 0 saturated carbocycles. The van der Waals surface area contributed by atoms with E-state index in [2.05, 4.69) is 33.1 Å². The van der Waals surface area contributed by atoms with Gasteiger partial charge in [-0.2, -0.15) is 5.10 Å². The highest BCUT2D eigenvalue weighted by Crippen LogP contribution is 2.10. The summed E-state index contributed by atoms with van der Waals surface area (Å²) in [5.74, 6) is -0.201. The third kappa shape index (κ3) is 4.82. The van der Waals surface area contributed by atoms with Gasteiger partial charge in [0, 0.05) is 3.57 Å². The lowest BCUT2D eigenvalue weighted by molar-refractivity contribution is 0.0954. The Balaban J connectivity index is 1.99. The van der Waals surface area contributed by atoms with Crippen LogP contribution in [-0.2, 0) is 0 Å². The Morgan fingerprint density at radius 1 is 1.10 bits per heavy atom. The minimum Gasteiger partial charge on any atom is -0.267 e. The Morgan fingerprint density at radius 3 is 2.48 bits per heavy atom. The fraction of sp³-hybridized carbons (Fsp3) is 0.0588. The molecular weight excluding hydrogens is 375 g/mol. The van der Waals surface area contributed by atoms with Crippen molar-refractivity contribution in [2.24, 2.45) is 5.10 Å². The SMILES string of the molecule is CC(/C=C/c1ccccc1)=N/NC(=O)c1ccccc1I. The molecular formula is C17H15IN2O. The van der Waals surface area contributed by atoms with E-state index >= 15 is 0 Å². The topological polar surface area (TPSA) is 41.5 Å². The van der Waals surface area contributed by atoms with Crippen molar-refractivity contribution in [3.8, 4) is 0 Å². The first-order valence-corrected chi connectivity index (χ1v) is 7.57. The molecule has 0 fully saturated rings. The van der Waals surface area contributed by atoms with E-state index in [1.165, 1.54) is 0 Å². The molecule has 0 radical (unpaired) electrons. The predicted octanol–water partition coefficient (Wildman–Crippen LogP) is 4.11. The number of rotatable bonds is 4. The number of carbonyl (C=O) groups excluding carboxylic acids is 1. The third-order valence-electron chi connectivity index (χ3n) is 2.77. The summed E-state index contributed by atoms with van der Waals surface area (Å²) >= 11 is 2.13. The van der Waals surface area contributed by atoms with Gasteiger partial charge in [-0.05, 0) is 53.3 Å². The lowest BCUT2D eigenvalue weighted by atomic mass is 10.2. The Bertz CT molecular complexity index is 678. The zero-order chi connectivity index (χ0) is 15.1. The van der Waals surface area contributed by atoms with E-state index in [9.17, 15) is 4.79 Å². The van der Waals surface area contributed by atoms with Gasteiger partial charge in [0.25, 0.3) is 5.91 Å². The fourth-order valence-electron chi connectivity index (χ4n) is 1.66. The first-order chi connectivity index (χ1) is 10.2. The highest BCUT2D eigenvalue weighted by molar-refractivity contribution is 14.1. The zero-order valence-electron chi connectivity index (χ0n) is 11.6. The summed E-state index contributed by atoms with van der Waals surface area (Å²) in [6.45, 7) is 1.84. The predicted molar refractivity (Wildman–Crippen MR) is 95.2 cm³/mol. The molecule has 0 spiro atoms. The largest absolute Gasteiger partial charge is 0.272 e. The maximum Gasteiger partial charge on any atom is 0.272 e. The van der Waals surface area contributed by atoms with Crippen molar-refractivity contribution in [2.75, 3.05) is 0 Å². The molecule has 0 unspecified atom stereocenters. The average Bonchev–Trinajstić information content (AvgIpc) is 2.52. The van der Waals surface area contributed by atoms with Crippen molar-refractivity contribution < 1.29 is 4.79 Å². The van der Waals surface area contributed by atoms with Gasteiger partial charge >= 0.3 is 0 Å². The molecule has 0 aromatic heterocycles. The second kappa shape index (κ2) is 7.73. The summed E-state index contributed by atoms with van der Waals surface area (Å²) < 4.78 is 0.903. The highest BCUT2D eigenvalue weighted by Gasteiger charge is 2.07. The number of hydrogen-bond acceptors (Lipinski definition) is 2. The van der Waals surface area contributed by atoms with Crippen molar-refractivity contribution in [1.29, 1.82) is 0 Å². The van der Waals surface area contributed by atoms with Crippen LogP contribution < -0.4 is 5.43 Å². The second-order valence-electron chi connectivity index (χ2n) is 4.42. The van der Waals surface area contributed by atoms with Gasteiger partial charge < -0.3 is 0 Å². The van der Waals surface area contributed by atoms with Gasteiger partial charge in [-0.15, -0.1) is 0 Å². The molecule has 21 heavy (non-hydrogen) atoms. The van der Waals surface area contributed by atoms with Crippen molar-refractivity contribution >= 4 is 40.3 Å². The van der Waals surface area contributed by atoms with Crippen molar-refractivity contribution in [1.82, 2.24) is 5.43 Å². The molecule has 0 aliphatic carbocycles. The van der Waals surface area contributed by atoms with E-state index in [1.54, 1.807) is 6.07 Å². The van der Waals surface area contributed by atoms with Gasteiger partial charge in [0.15, 0.2) is 0 Å². The molecule has 0 saturated heterocycles. The molecule has 4 heteroatoms. The maximum absolute atomic E-state index is 12.0. The normalized spacial score (nSPS) is 11.6. The number of nitrogens with zero attached hydrogens (tertiary/aromatic N) is 1. The first kappa shape index (κ1) is 15.4. The maximum atomic E-state index is 12.0. The number of hydrazone groups is 1. The van der Waals surface area contributed by atoms with Crippen LogP contribution in [0.15, 0.2) is 65.8 Å². The van der Waals surface area contributed by atoms with Crippen molar-refractivity contribution in [3.05, 3.63) is 75.4 Å². The van der Waals surface area contributed by atoms with Gasteiger partial charge in [0.05, 0.1) is 11.3 Å². The molecule has 0 aliphatic heterocycles. The highest BCUT2D eigenvalue weighted by atomic mass is 127. The van der Waals surface area contributed by atoms with Gasteiger partial charge in [-0.25, -0.2) is 5.43 Å². The van der Waals surface area contributed by atoms with Crippen LogP contribution in [0.5, 0.6) is 0 Å². The number of allylic oxidation sites excluding steroid dienone is 1. The summed E-state index contributed by atoms with van der Waals surface area (Å²) in [5.41, 5.74) is 5.02. The standard InChI is InChI=1S/C17H15IN2O/c1-13(11-12-14-7-3-2-4-8-14)19-20-17(21)15-9-5-6-10-16(15)18/h2-12H,1H3,(H,20,21)/b12-11+,19-13-. The number of amides is 1. The monoisotopic (exact) mass is 390 g/mol. The van der Waals surface area contributed by atoms with E-state index in [0.717, 1.165) is 14.8 Å². The fourth-order valence-corrected chi connectivity index (χ4v) is 2.30. The van der Waals surface area contributed by atoms with Crippen LogP contribution in [0.3, 0.4) is 0 Å². The van der Waals surface area contributed by atoms with Crippen LogP contribution in [0.25, 0.3) is 6.08 Å². The van der Waals surface area contributed by atoms with Gasteiger partial charge in [-0.3, -0.25) is 4.79 Å². The number of nitrogens with one attached hydrogen (secondary N) is 1. The molecule has 0 heterocycles. The molecule has 1 amide bonds. The molecule has 1 N–H and O–H groups in total. The van der Waals surface area contributed by atoms with E-state index < -0.39 is 0 Å². The number of benzene rings is 2. The lowest BCUT2D eigenvalue weighted by Crippen LogP contribution is -2.19. The quantitative estimate of drug-likeness (QED) is 0.477. The van der Waals surface area contributed by atoms with Crippen LogP contribution in [0.2, 0.25) is 0 Å². The number of halogens is 1. The second-order valence-corrected chi connectivity index (χ2v) is 5.58. The minimum absolute atomic E-state index is 0.201. The van der Waals surface area contributed by atoms with Crippen LogP contribution >= 0.6 is 22.6 Å². The van der Waals surface area contributed by atoms with Crippen LogP contribution in [-0.4, -0.2) is 11.6 Å². The van der Waals surface area contributed by atoms with E-state index in [4.69, 9.17) is 0 Å². The van der Waals surface area contributed by atoms with Crippen LogP contribution in [0, 0.1) is 3.57 Å². The lowest BCUT2D eigenvalue weighted by Gasteiger charge is -2.02. The van der Waals surface area contributed by atoms with Crippen LogP contribution in [0.1, 0.15) is 22.8 Å².